The average molecular weight is 1840 g/mol. The number of likely N-dealkylation sites (tertiary alicyclic amines) is 1. The summed E-state index contributed by atoms with van der Waals surface area (Å²) in [4.78, 5) is 165. The van der Waals surface area contributed by atoms with Gasteiger partial charge in [0.1, 0.15) is 33.8 Å². The van der Waals surface area contributed by atoms with Crippen LogP contribution in [0.5, 0.6) is 0 Å². The summed E-state index contributed by atoms with van der Waals surface area (Å²) in [5, 5.41) is 44.4. The Labute approximate surface area is 760 Å². The molecule has 130 heavy (non-hydrogen) atoms. The second kappa shape index (κ2) is 49.1. The van der Waals surface area contributed by atoms with Gasteiger partial charge in [0, 0.05) is 178 Å². The van der Waals surface area contributed by atoms with Crippen molar-refractivity contribution in [2.75, 3.05) is 179 Å². The van der Waals surface area contributed by atoms with Crippen molar-refractivity contribution in [2.45, 2.75) is 96.2 Å². The number of benzene rings is 1. The first-order valence-corrected chi connectivity index (χ1v) is 44.3. The van der Waals surface area contributed by atoms with Crippen molar-refractivity contribution >= 4 is 117 Å². The number of aromatic nitrogens is 11. The second-order valence-corrected chi connectivity index (χ2v) is 32.9. The lowest BCUT2D eigenvalue weighted by Gasteiger charge is -2.37. The van der Waals surface area contributed by atoms with Crippen molar-refractivity contribution in [3.8, 4) is 5.00 Å². The highest BCUT2D eigenvalue weighted by atomic mass is 35.5. The first-order chi connectivity index (χ1) is 62.7. The zero-order valence-corrected chi connectivity index (χ0v) is 75.9. The lowest BCUT2D eigenvalue weighted by molar-refractivity contribution is -0.135. The number of amides is 11. The number of aryl methyl sites for hydroxylation is 7. The molecule has 0 spiro atoms. The largest absolute Gasteiger partial charge is 0.379 e. The van der Waals surface area contributed by atoms with Crippen LogP contribution >= 0.6 is 22.9 Å². The summed E-state index contributed by atoms with van der Waals surface area (Å²) in [5.41, 5.74) is 3.87. The van der Waals surface area contributed by atoms with E-state index in [1.54, 1.807) is 63.5 Å². The fourth-order valence-electron chi connectivity index (χ4n) is 14.6. The lowest BCUT2D eigenvalue weighted by Crippen LogP contribution is -2.63. The Hall–Kier alpha value is -12.0. The summed E-state index contributed by atoms with van der Waals surface area (Å²) in [6.07, 6.45) is 11.5. The van der Waals surface area contributed by atoms with E-state index in [0.717, 1.165) is 65.7 Å². The van der Waals surface area contributed by atoms with E-state index >= 15 is 0 Å². The number of nitrogens with one attached hydrogen (secondary N) is 12. The average Bonchev–Trinajstić information content (AvgIpc) is 1.59. The molecule has 45 heteroatoms. The van der Waals surface area contributed by atoms with Crippen LogP contribution in [-0.4, -0.2) is 298 Å². The Balaban J connectivity index is 0.447. The number of hydrogen-bond donors (Lipinski definition) is 12. The third kappa shape index (κ3) is 28.8. The van der Waals surface area contributed by atoms with E-state index in [1.165, 1.54) is 60.1 Å². The Morgan fingerprint density at radius 1 is 0.515 bits per heavy atom. The van der Waals surface area contributed by atoms with Gasteiger partial charge in [0.25, 0.3) is 29.5 Å². The SMILES string of the molecule is Cc1sc2c(c1C)C(c1ccc(Cl)cc1)=N[C@@H](CC(=O)NC1CCN(CCOCCOCCOCCC(=O)NC3(C(=O)NCCOCCOCCOCCOCCNC(=O)CCNC(=O)c4nc(NC(=O)CCNC(=O)c5cc(NC(=O)c6nc(NC(=O)CCNC(=O)c7cc(NC(=O)c8nccn8C)cn7C)cn6C)cn5C)cn4C)CCNCC3)CC1)c1nnc(C)n1-2. The van der Waals surface area contributed by atoms with E-state index in [1.807, 2.05) is 31.2 Å². The molecule has 0 saturated carbocycles. The first kappa shape index (κ1) is 98.6. The Morgan fingerprint density at radius 2 is 1.02 bits per heavy atom. The van der Waals surface area contributed by atoms with E-state index in [2.05, 4.69) is 112 Å². The number of halogens is 1. The normalized spacial score (nSPS) is 14.3. The zero-order chi connectivity index (χ0) is 92.6. The molecule has 0 aliphatic carbocycles. The van der Waals surface area contributed by atoms with Crippen LogP contribution in [0, 0.1) is 20.8 Å². The lowest BCUT2D eigenvalue weighted by atomic mass is 9.87. The van der Waals surface area contributed by atoms with Gasteiger partial charge in [-0.05, 0) is 89.4 Å². The maximum absolute atomic E-state index is 13.7. The molecule has 2 saturated heterocycles. The van der Waals surface area contributed by atoms with Crippen LogP contribution in [0.15, 0.2) is 78.6 Å². The van der Waals surface area contributed by atoms with Gasteiger partial charge in [0.2, 0.25) is 47.1 Å². The number of nitrogens with zero attached hydrogens (tertiary/aromatic N) is 13. The minimum atomic E-state index is -1.05. The number of imidazole rings is 3. The molecule has 0 unspecified atom stereocenters. The standard InChI is InChI=1S/C85H116ClN25O18S/c1-54-55(2)130-83-72(54)73(57-9-11-58(86)12-10-57)97-62(74-104-103-56(3)111(74)83)49-71(116)94-59-16-29-110(30-17-59)32-36-126-40-44-127-41-37-123-33-18-70(115)102-85(19-24-87-25-20-85)84(122)93-28-35-125-39-43-129-46-45-128-42-38-124-34-27-88-67(112)13-21-92-80(119)76-100-65(52-108(76)7)98-68(113)14-22-91-79(118)64-48-61(51-107(64)6)96-82(121)77-101-66(53-109(77)8)99-69(114)15-23-90-78(117)63-47-60(50-106(63)5)95-81(120)75-89-26-31-105(75)4/h9-12,26,31,47-48,50-53,59,62,87H,13-25,27-30,32-46,49H2,1-8H3,(H,88,112)(H,90,117)(H,91,118)(H,92,119)(H,93,122)(H,94,116)(H,95,120)(H,96,121)(H,98,113)(H,99,114)(H,102,115)/t62-/m0/s1. The summed E-state index contributed by atoms with van der Waals surface area (Å²) in [6, 6.07) is 10.1. The van der Waals surface area contributed by atoms with Crippen molar-refractivity contribution in [2.24, 2.45) is 40.2 Å². The molecule has 0 bridgehead atoms. The van der Waals surface area contributed by atoms with Gasteiger partial charge in [0.05, 0.1) is 116 Å². The molecule has 3 aliphatic heterocycles. The van der Waals surface area contributed by atoms with Crippen LogP contribution in [0.2, 0.25) is 5.02 Å². The molecule has 2 fully saturated rings. The number of carbonyl (C=O) groups is 11. The number of aliphatic imine (C=N–C) groups is 1. The number of piperidine rings is 2. The summed E-state index contributed by atoms with van der Waals surface area (Å²) in [5.74, 6) is -2.97. The monoisotopic (exact) mass is 1840 g/mol. The van der Waals surface area contributed by atoms with Crippen molar-refractivity contribution in [1.82, 2.24) is 100.0 Å². The van der Waals surface area contributed by atoms with Crippen molar-refractivity contribution in [1.29, 1.82) is 0 Å². The summed E-state index contributed by atoms with van der Waals surface area (Å²) in [6.45, 7) is 14.5. The van der Waals surface area contributed by atoms with Gasteiger partial charge in [0.15, 0.2) is 23.3 Å². The molecule has 8 aromatic rings. The topological polar surface area (TPSA) is 506 Å². The van der Waals surface area contributed by atoms with Crippen LogP contribution in [0.25, 0.3) is 5.00 Å². The molecule has 43 nitrogen and oxygen atoms in total. The predicted molar refractivity (Wildman–Crippen MR) is 479 cm³/mol. The van der Waals surface area contributed by atoms with Crippen LogP contribution in [0.4, 0.5) is 23.0 Å². The molecule has 7 aromatic heterocycles. The van der Waals surface area contributed by atoms with Crippen molar-refractivity contribution in [3.63, 3.8) is 0 Å². The molecular formula is C85H116ClN25O18S. The van der Waals surface area contributed by atoms with E-state index in [0.29, 0.717) is 109 Å². The number of rotatable bonds is 51. The van der Waals surface area contributed by atoms with Crippen LogP contribution in [0.1, 0.15) is 150 Å². The minimum Gasteiger partial charge on any atom is -0.379 e. The Bertz CT molecular complexity index is 5250. The van der Waals surface area contributed by atoms with Gasteiger partial charge in [-0.25, -0.2) is 15.0 Å². The molecule has 11 amide bonds. The van der Waals surface area contributed by atoms with Gasteiger partial charge < -0.3 is 125 Å². The molecular weight excluding hydrogens is 1730 g/mol. The molecule has 702 valence electrons. The summed E-state index contributed by atoms with van der Waals surface area (Å²) < 4.78 is 49.1. The summed E-state index contributed by atoms with van der Waals surface area (Å²) in [7, 11) is 8.03. The maximum atomic E-state index is 13.7. The predicted octanol–water partition coefficient (Wildman–Crippen LogP) is 2.47. The van der Waals surface area contributed by atoms with Gasteiger partial charge in [-0.1, -0.05) is 23.7 Å². The number of hydrogen-bond acceptors (Lipinski definition) is 27. The second-order valence-electron chi connectivity index (χ2n) is 31.3. The number of fused-ring (bicyclic) bond motifs is 3. The molecule has 10 heterocycles. The number of thiophene rings is 1. The zero-order valence-electron chi connectivity index (χ0n) is 74.4. The molecule has 0 radical (unpaired) electrons. The van der Waals surface area contributed by atoms with E-state index in [9.17, 15) is 52.7 Å². The van der Waals surface area contributed by atoms with E-state index < -0.39 is 52.9 Å². The van der Waals surface area contributed by atoms with Gasteiger partial charge in [-0.15, -0.1) is 21.5 Å². The Kier molecular flexibility index (Phi) is 37.3. The highest BCUT2D eigenvalue weighted by Gasteiger charge is 2.41. The van der Waals surface area contributed by atoms with Gasteiger partial charge in [-0.3, -0.25) is 62.3 Å². The number of anilines is 4. The smallest absolute Gasteiger partial charge is 0.291 e. The third-order valence-electron chi connectivity index (χ3n) is 21.6. The van der Waals surface area contributed by atoms with Gasteiger partial charge in [-0.2, -0.15) is 0 Å². The number of ether oxygens (including phenoxy) is 7. The molecule has 1 aromatic carbocycles. The third-order valence-corrected chi connectivity index (χ3v) is 23.0. The molecule has 12 N–H and O–H groups in total. The van der Waals surface area contributed by atoms with Crippen LogP contribution < -0.4 is 63.8 Å². The van der Waals surface area contributed by atoms with E-state index in [4.69, 9.17) is 49.8 Å². The quantitative estimate of drug-likeness (QED) is 0.0244. The van der Waals surface area contributed by atoms with Crippen molar-refractivity contribution < 1.29 is 85.9 Å². The van der Waals surface area contributed by atoms with Gasteiger partial charge >= 0.3 is 0 Å². The molecule has 11 rings (SSSR count). The van der Waals surface area contributed by atoms with E-state index in [-0.39, 0.29) is 167 Å². The van der Waals surface area contributed by atoms with Crippen LogP contribution in [-0.2, 0) is 97.2 Å². The fourth-order valence-corrected chi connectivity index (χ4v) is 15.9. The minimum absolute atomic E-state index is 0.00340. The highest BCUT2D eigenvalue weighted by Crippen LogP contribution is 2.40. The summed E-state index contributed by atoms with van der Waals surface area (Å²) >= 11 is 7.96. The number of carbonyl (C=O) groups excluding carboxylic acids is 11. The van der Waals surface area contributed by atoms with Crippen LogP contribution in [0.3, 0.4) is 0 Å². The van der Waals surface area contributed by atoms with Crippen molar-refractivity contribution in [3.05, 3.63) is 141 Å². The maximum Gasteiger partial charge on any atom is 0.291 e. The Morgan fingerprint density at radius 3 is 1.58 bits per heavy atom. The molecule has 3 aliphatic rings. The molecule has 1 atom stereocenters. The first-order valence-electron chi connectivity index (χ1n) is 43.1. The highest BCUT2D eigenvalue weighted by molar-refractivity contribution is 7.15. The fraction of sp³-hybridized carbons (Fsp3) is 0.518.